The highest BCUT2D eigenvalue weighted by Crippen LogP contribution is 2.44. The standard InChI is InChI=1S/C70H62Cl4N4O4/c71-53-21-15-22-54(72)67(53)69-61-33-29-57(75-61)65-47-17-13-19-49(43-47)79-37-9-5-1-3-7-11-39-81-51-27-25-46-42-52(28-26-45(46)41-51)82-40-12-8-4-2-6-10-38-80-50-20-14-18-48(44-50)66(59-31-35-63(69)77-59)60-32-36-64(78-60)70(62-34-30-58(65)76-62)68-55(73)23-16-24-56(68)74/h13-36,41-44,75,78H,1-12,37-40H2. The molecule has 0 radical (unpaired) electrons. The summed E-state index contributed by atoms with van der Waals surface area (Å²) in [6.07, 6.45) is 21.0. The first-order valence-electron chi connectivity index (χ1n) is 28.6. The van der Waals surface area contributed by atoms with Gasteiger partial charge in [0.2, 0.25) is 0 Å². The molecule has 0 saturated carbocycles. The lowest BCUT2D eigenvalue weighted by Crippen LogP contribution is -1.99. The maximum Gasteiger partial charge on any atom is 0.119 e. The molecule has 0 aliphatic carbocycles. The summed E-state index contributed by atoms with van der Waals surface area (Å²) in [4.78, 5) is 18.6. The van der Waals surface area contributed by atoms with E-state index < -0.39 is 0 Å². The number of nitrogens with zero attached hydrogens (tertiary/aromatic N) is 2. The first-order chi connectivity index (χ1) is 40.3. The molecule has 0 fully saturated rings. The van der Waals surface area contributed by atoms with Crippen molar-refractivity contribution in [3.05, 3.63) is 188 Å². The molecule has 2 N–H and O–H groups in total. The average Bonchev–Trinajstić information content (AvgIpc) is 4.53. The van der Waals surface area contributed by atoms with E-state index in [4.69, 9.17) is 75.3 Å². The van der Waals surface area contributed by atoms with Crippen molar-refractivity contribution < 1.29 is 18.9 Å². The molecule has 414 valence electrons. The van der Waals surface area contributed by atoms with E-state index in [1.165, 1.54) is 0 Å². The Morgan fingerprint density at radius 1 is 0.293 bits per heavy atom. The lowest BCUT2D eigenvalue weighted by atomic mass is 10.0. The number of rotatable bonds is 2. The Morgan fingerprint density at radius 2 is 0.598 bits per heavy atom. The Kier molecular flexibility index (Phi) is 17.3. The molecule has 9 heterocycles. The zero-order valence-electron chi connectivity index (χ0n) is 45.5. The number of aromatic amines is 2. The summed E-state index contributed by atoms with van der Waals surface area (Å²) in [6.45, 7) is 2.59. The second-order valence-electron chi connectivity index (χ2n) is 21.1. The summed E-state index contributed by atoms with van der Waals surface area (Å²) < 4.78 is 25.4. The molecule has 0 unspecified atom stereocenters. The van der Waals surface area contributed by atoms with Gasteiger partial charge in [-0.3, -0.25) is 0 Å². The number of nitrogens with one attached hydrogen (secondary N) is 2. The molecular weight excluding hydrogens is 1100 g/mol. The van der Waals surface area contributed by atoms with Gasteiger partial charge in [-0.25, -0.2) is 9.97 Å². The largest absolute Gasteiger partial charge is 0.494 e. The van der Waals surface area contributed by atoms with Gasteiger partial charge in [-0.15, -0.1) is 0 Å². The molecule has 0 amide bonds. The second-order valence-corrected chi connectivity index (χ2v) is 22.7. The van der Waals surface area contributed by atoms with E-state index in [0.717, 1.165) is 178 Å². The zero-order valence-corrected chi connectivity index (χ0v) is 48.5. The highest BCUT2D eigenvalue weighted by atomic mass is 35.5. The SMILES string of the molecule is Clc1cccc(Cl)c1-c1c2nc(c3c4ccc([nH]4)c(-c4c(Cl)cccc4Cl)c4nc(c(c5ccc1[nH]5)-c1cccc(c1)OCCCCCCCCOc1ccc5cc(ccc5c1)OCCCCCCCCOc1cccc-3c1)C=C4)C=C2. The van der Waals surface area contributed by atoms with E-state index in [9.17, 15) is 0 Å². The second kappa shape index (κ2) is 25.8. The van der Waals surface area contributed by atoms with E-state index in [2.05, 4.69) is 94.9 Å². The number of benzene rings is 6. The summed E-state index contributed by atoms with van der Waals surface area (Å²) in [5.74, 6) is 3.35. The van der Waals surface area contributed by atoms with Crippen LogP contribution in [-0.2, 0) is 0 Å². The molecule has 82 heavy (non-hydrogen) atoms. The van der Waals surface area contributed by atoms with Gasteiger partial charge in [0.05, 0.1) is 69.3 Å². The van der Waals surface area contributed by atoms with Gasteiger partial charge in [-0.2, -0.15) is 0 Å². The van der Waals surface area contributed by atoms with Gasteiger partial charge in [0.25, 0.3) is 0 Å². The number of hydrogen-bond donors (Lipinski definition) is 2. The van der Waals surface area contributed by atoms with Crippen molar-refractivity contribution in [3.63, 3.8) is 0 Å². The zero-order chi connectivity index (χ0) is 55.8. The molecule has 6 aliphatic rings. The van der Waals surface area contributed by atoms with Crippen LogP contribution in [0.4, 0.5) is 0 Å². The van der Waals surface area contributed by atoms with E-state index in [0.29, 0.717) is 69.0 Å². The molecule has 0 atom stereocenters. The van der Waals surface area contributed by atoms with Crippen LogP contribution in [0, 0.1) is 0 Å². The Bertz CT molecular complexity index is 3750. The molecule has 3 aromatic heterocycles. The molecule has 8 nitrogen and oxygen atoms in total. The van der Waals surface area contributed by atoms with Crippen LogP contribution in [0.15, 0.2) is 146 Å². The fourth-order valence-corrected chi connectivity index (χ4v) is 12.4. The van der Waals surface area contributed by atoms with Gasteiger partial charge in [0.1, 0.15) is 23.0 Å². The van der Waals surface area contributed by atoms with Crippen LogP contribution in [0.1, 0.15) is 99.8 Å². The molecule has 12 heteroatoms. The van der Waals surface area contributed by atoms with Crippen molar-refractivity contribution in [1.29, 1.82) is 0 Å². The van der Waals surface area contributed by atoms with Crippen molar-refractivity contribution >= 4 is 104 Å². The Hall–Kier alpha value is -7.46. The summed E-state index contributed by atoms with van der Waals surface area (Å²) >= 11 is 28.6. The van der Waals surface area contributed by atoms with Crippen molar-refractivity contribution in [2.75, 3.05) is 26.4 Å². The average molecular weight is 1170 g/mol. The number of H-pyrrole nitrogens is 2. The van der Waals surface area contributed by atoms with Gasteiger partial charge < -0.3 is 28.9 Å². The topological polar surface area (TPSA) is 94.3 Å². The van der Waals surface area contributed by atoms with Crippen LogP contribution in [0.3, 0.4) is 0 Å². The van der Waals surface area contributed by atoms with Crippen LogP contribution >= 0.6 is 46.4 Å². The third-order valence-electron chi connectivity index (χ3n) is 15.4. The van der Waals surface area contributed by atoms with Gasteiger partial charge in [-0.05, 0) is 169 Å². The van der Waals surface area contributed by atoms with E-state index >= 15 is 0 Å². The third-order valence-corrected chi connectivity index (χ3v) is 16.6. The molecule has 6 aliphatic heterocycles. The summed E-state index contributed by atoms with van der Waals surface area (Å²) in [5, 5.41) is 4.30. The Labute approximate surface area is 498 Å². The van der Waals surface area contributed by atoms with Crippen LogP contribution in [0.2, 0.25) is 20.1 Å². The minimum Gasteiger partial charge on any atom is -0.494 e. The Balaban J connectivity index is 0.958. The van der Waals surface area contributed by atoms with Crippen LogP contribution < -0.4 is 18.9 Å². The summed E-state index contributed by atoms with van der Waals surface area (Å²) in [5.41, 5.74) is 12.4. The Morgan fingerprint density at radius 3 is 0.963 bits per heavy atom. The number of aromatic nitrogens is 4. The molecule has 15 rings (SSSR count). The van der Waals surface area contributed by atoms with Crippen LogP contribution in [-0.4, -0.2) is 46.4 Å². The van der Waals surface area contributed by atoms with Crippen molar-refractivity contribution in [2.45, 2.75) is 77.0 Å². The summed E-state index contributed by atoms with van der Waals surface area (Å²) in [6, 6.07) is 48.6. The molecule has 0 spiro atoms. The number of hydrogen-bond acceptors (Lipinski definition) is 6. The fourth-order valence-electron chi connectivity index (χ4n) is 11.3. The highest BCUT2D eigenvalue weighted by molar-refractivity contribution is 6.40. The number of ether oxygens (including phenoxy) is 4. The molecule has 6 aromatic carbocycles. The molecule has 0 saturated heterocycles. The van der Waals surface area contributed by atoms with E-state index in [1.807, 2.05) is 85.0 Å². The highest BCUT2D eigenvalue weighted by Gasteiger charge is 2.23. The minimum atomic E-state index is 0.498. The van der Waals surface area contributed by atoms with Gasteiger partial charge >= 0.3 is 0 Å². The van der Waals surface area contributed by atoms with Gasteiger partial charge in [0.15, 0.2) is 0 Å². The first-order valence-corrected chi connectivity index (χ1v) is 30.1. The van der Waals surface area contributed by atoms with Crippen LogP contribution in [0.25, 0.3) is 102 Å². The predicted molar refractivity (Wildman–Crippen MR) is 342 cm³/mol. The van der Waals surface area contributed by atoms with Crippen LogP contribution in [0.5, 0.6) is 23.0 Å². The maximum atomic E-state index is 7.16. The minimum absolute atomic E-state index is 0.498. The van der Waals surface area contributed by atoms with E-state index in [1.54, 1.807) is 0 Å². The van der Waals surface area contributed by atoms with Crippen molar-refractivity contribution in [2.24, 2.45) is 0 Å². The molecular formula is C70H62Cl4N4O4. The van der Waals surface area contributed by atoms with Crippen molar-refractivity contribution in [3.8, 4) is 67.5 Å². The lowest BCUT2D eigenvalue weighted by molar-refractivity contribution is 0.297. The van der Waals surface area contributed by atoms with Gasteiger partial charge in [-0.1, -0.05) is 146 Å². The maximum absolute atomic E-state index is 7.16. The van der Waals surface area contributed by atoms with Gasteiger partial charge in [0, 0.05) is 55.4 Å². The predicted octanol–water partition coefficient (Wildman–Crippen LogP) is 21.0. The van der Waals surface area contributed by atoms with Crippen molar-refractivity contribution in [1.82, 2.24) is 19.9 Å². The quantitative estimate of drug-likeness (QED) is 0.179. The monoisotopic (exact) mass is 1160 g/mol. The number of halogens is 4. The summed E-state index contributed by atoms with van der Waals surface area (Å²) in [7, 11) is 0. The molecule has 18 bridgehead atoms. The molecule has 9 aromatic rings. The first kappa shape index (κ1) is 55.1. The fraction of sp³-hybridized carbons (Fsp3) is 0.229. The normalized spacial score (nSPS) is 14.8. The van der Waals surface area contributed by atoms with E-state index in [-0.39, 0.29) is 0 Å². The third kappa shape index (κ3) is 12.5. The smallest absolute Gasteiger partial charge is 0.119 e. The lowest BCUT2D eigenvalue weighted by Gasteiger charge is -2.11.